The summed E-state index contributed by atoms with van der Waals surface area (Å²) < 4.78 is 0.760. The van der Waals surface area contributed by atoms with E-state index in [0.29, 0.717) is 11.5 Å². The Balaban J connectivity index is 4.23. The SMILES string of the molecule is CC(C(=O)[O-])=C(Cl)CC[N+](C)(C)C. The van der Waals surface area contributed by atoms with Crippen LogP contribution in [0.25, 0.3) is 0 Å². The molecule has 0 N–H and O–H groups in total. The highest BCUT2D eigenvalue weighted by Gasteiger charge is 2.09. The quantitative estimate of drug-likeness (QED) is 0.491. The number of nitrogens with zero attached hydrogens (tertiary/aromatic N) is 1. The molecule has 0 radical (unpaired) electrons. The second-order valence-corrected chi connectivity index (χ2v) is 4.54. The molecule has 0 atom stereocenters. The Labute approximate surface area is 84.2 Å². The van der Waals surface area contributed by atoms with Gasteiger partial charge >= 0.3 is 0 Å². The number of hydrogen-bond donors (Lipinski definition) is 0. The lowest BCUT2D eigenvalue weighted by molar-refractivity contribution is -0.870. The molecule has 4 heteroatoms. The van der Waals surface area contributed by atoms with Gasteiger partial charge in [0.25, 0.3) is 0 Å². The second kappa shape index (κ2) is 4.63. The number of hydrogen-bond acceptors (Lipinski definition) is 2. The zero-order chi connectivity index (χ0) is 10.6. The van der Waals surface area contributed by atoms with Gasteiger partial charge in [-0.05, 0) is 12.5 Å². The van der Waals surface area contributed by atoms with Crippen molar-refractivity contribution in [3.63, 3.8) is 0 Å². The van der Waals surface area contributed by atoms with Crippen molar-refractivity contribution in [3.05, 3.63) is 10.6 Å². The van der Waals surface area contributed by atoms with Crippen LogP contribution in [0.3, 0.4) is 0 Å². The van der Waals surface area contributed by atoms with Crippen molar-refractivity contribution in [3.8, 4) is 0 Å². The average molecular weight is 206 g/mol. The van der Waals surface area contributed by atoms with Crippen LogP contribution in [0.4, 0.5) is 0 Å². The summed E-state index contributed by atoms with van der Waals surface area (Å²) in [6, 6.07) is 0. The van der Waals surface area contributed by atoms with Gasteiger partial charge < -0.3 is 14.4 Å². The van der Waals surface area contributed by atoms with E-state index < -0.39 is 5.97 Å². The van der Waals surface area contributed by atoms with E-state index >= 15 is 0 Å². The van der Waals surface area contributed by atoms with Crippen molar-refractivity contribution in [1.82, 2.24) is 0 Å². The number of carboxylic acid groups (broad SMARTS) is 1. The minimum absolute atomic E-state index is 0.134. The highest BCUT2D eigenvalue weighted by atomic mass is 35.5. The third kappa shape index (κ3) is 5.66. The lowest BCUT2D eigenvalue weighted by Gasteiger charge is -2.23. The fourth-order valence-corrected chi connectivity index (χ4v) is 0.893. The Morgan fingerprint density at radius 2 is 1.85 bits per heavy atom. The summed E-state index contributed by atoms with van der Waals surface area (Å²) in [4.78, 5) is 10.4. The van der Waals surface area contributed by atoms with Crippen molar-refractivity contribution >= 4 is 17.6 Å². The largest absolute Gasteiger partial charge is 0.545 e. The molecule has 0 rings (SSSR count). The maximum absolute atomic E-state index is 10.4. The number of carbonyl (C=O) groups excluding carboxylic acids is 1. The van der Waals surface area contributed by atoms with E-state index in [1.165, 1.54) is 6.92 Å². The van der Waals surface area contributed by atoms with E-state index in [1.807, 2.05) is 21.1 Å². The molecule has 0 fully saturated rings. The van der Waals surface area contributed by atoms with Crippen LogP contribution in [0.2, 0.25) is 0 Å². The van der Waals surface area contributed by atoms with Crippen molar-refractivity contribution in [1.29, 1.82) is 0 Å². The molecule has 0 aliphatic heterocycles. The molecule has 3 nitrogen and oxygen atoms in total. The minimum atomic E-state index is -1.19. The summed E-state index contributed by atoms with van der Waals surface area (Å²) in [6.45, 7) is 2.27. The van der Waals surface area contributed by atoms with Crippen LogP contribution in [-0.4, -0.2) is 38.1 Å². The number of carbonyl (C=O) groups is 1. The first-order valence-corrected chi connectivity index (χ1v) is 4.49. The van der Waals surface area contributed by atoms with Crippen LogP contribution in [-0.2, 0) is 4.79 Å². The third-order valence-corrected chi connectivity index (χ3v) is 2.19. The van der Waals surface area contributed by atoms with Crippen LogP contribution < -0.4 is 5.11 Å². The standard InChI is InChI=1S/C9H16ClNO2/c1-7(9(12)13)8(10)5-6-11(2,3)4/h5-6H2,1-4H3. The fraction of sp³-hybridized carbons (Fsp3) is 0.667. The predicted molar refractivity (Wildman–Crippen MR) is 51.1 cm³/mol. The molecule has 0 aromatic carbocycles. The number of halogens is 1. The van der Waals surface area contributed by atoms with Crippen molar-refractivity contribution in [2.45, 2.75) is 13.3 Å². The van der Waals surface area contributed by atoms with Gasteiger partial charge in [0.15, 0.2) is 0 Å². The Morgan fingerprint density at radius 1 is 1.38 bits per heavy atom. The second-order valence-electron chi connectivity index (χ2n) is 4.08. The van der Waals surface area contributed by atoms with E-state index in [1.54, 1.807) is 0 Å². The van der Waals surface area contributed by atoms with Gasteiger partial charge in [0.1, 0.15) is 0 Å². The molecule has 13 heavy (non-hydrogen) atoms. The number of aliphatic carboxylic acids is 1. The molecule has 0 aliphatic carbocycles. The molecule has 0 aliphatic rings. The molecule has 0 aromatic rings. The van der Waals surface area contributed by atoms with Crippen LogP contribution >= 0.6 is 11.6 Å². The first-order valence-electron chi connectivity index (χ1n) is 4.11. The van der Waals surface area contributed by atoms with E-state index in [9.17, 15) is 9.90 Å². The molecular formula is C9H16ClNO2. The molecule has 0 amide bonds. The van der Waals surface area contributed by atoms with Gasteiger partial charge in [-0.3, -0.25) is 0 Å². The zero-order valence-corrected chi connectivity index (χ0v) is 9.31. The Morgan fingerprint density at radius 3 is 2.15 bits per heavy atom. The fourth-order valence-electron chi connectivity index (χ4n) is 0.732. The van der Waals surface area contributed by atoms with E-state index in [4.69, 9.17) is 11.6 Å². The first kappa shape index (κ1) is 12.5. The lowest BCUT2D eigenvalue weighted by atomic mass is 10.2. The summed E-state index contributed by atoms with van der Waals surface area (Å²) in [6.07, 6.45) is 0.574. The molecule has 76 valence electrons. The highest BCUT2D eigenvalue weighted by molar-refractivity contribution is 6.31. The van der Waals surface area contributed by atoms with Crippen LogP contribution in [0, 0.1) is 0 Å². The zero-order valence-electron chi connectivity index (χ0n) is 8.56. The highest BCUT2D eigenvalue weighted by Crippen LogP contribution is 2.14. The van der Waals surface area contributed by atoms with Gasteiger partial charge in [-0.15, -0.1) is 0 Å². The molecular weight excluding hydrogens is 190 g/mol. The minimum Gasteiger partial charge on any atom is -0.545 e. The van der Waals surface area contributed by atoms with E-state index in [2.05, 4.69) is 0 Å². The van der Waals surface area contributed by atoms with Gasteiger partial charge in [-0.2, -0.15) is 0 Å². The topological polar surface area (TPSA) is 40.1 Å². The molecule has 0 unspecified atom stereocenters. The number of carboxylic acids is 1. The predicted octanol–water partition coefficient (Wildman–Crippen LogP) is 0.345. The van der Waals surface area contributed by atoms with Crippen molar-refractivity contribution in [2.75, 3.05) is 27.7 Å². The Bertz CT molecular complexity index is 228. The molecule has 0 heterocycles. The van der Waals surface area contributed by atoms with Crippen molar-refractivity contribution in [2.24, 2.45) is 0 Å². The van der Waals surface area contributed by atoms with Gasteiger partial charge in [0.05, 0.1) is 33.7 Å². The van der Waals surface area contributed by atoms with Gasteiger partial charge in [0.2, 0.25) is 0 Å². The number of quaternary nitrogens is 1. The smallest absolute Gasteiger partial charge is 0.0830 e. The third-order valence-electron chi connectivity index (χ3n) is 1.72. The molecule has 0 saturated carbocycles. The average Bonchev–Trinajstić information content (AvgIpc) is 1.97. The summed E-state index contributed by atoms with van der Waals surface area (Å²) >= 11 is 5.78. The van der Waals surface area contributed by atoms with Crippen LogP contribution in [0.15, 0.2) is 10.6 Å². The lowest BCUT2D eigenvalue weighted by Crippen LogP contribution is -2.35. The monoisotopic (exact) mass is 205 g/mol. The summed E-state index contributed by atoms with van der Waals surface area (Å²) in [7, 11) is 6.08. The van der Waals surface area contributed by atoms with E-state index in [0.717, 1.165) is 11.0 Å². The van der Waals surface area contributed by atoms with Crippen molar-refractivity contribution < 1.29 is 14.4 Å². The maximum atomic E-state index is 10.4. The molecule has 0 bridgehead atoms. The van der Waals surface area contributed by atoms with Crippen LogP contribution in [0.1, 0.15) is 13.3 Å². The van der Waals surface area contributed by atoms with Gasteiger partial charge in [-0.25, -0.2) is 0 Å². The molecule has 0 saturated heterocycles. The Hall–Kier alpha value is -0.540. The Kier molecular flexibility index (Phi) is 4.44. The van der Waals surface area contributed by atoms with Gasteiger partial charge in [0, 0.05) is 11.5 Å². The number of rotatable bonds is 4. The first-order chi connectivity index (χ1) is 5.74. The normalized spacial score (nSPS) is 13.9. The summed E-state index contributed by atoms with van der Waals surface area (Å²) in [5.74, 6) is -1.19. The molecule has 0 spiro atoms. The summed E-state index contributed by atoms with van der Waals surface area (Å²) in [5, 5.41) is 10.8. The van der Waals surface area contributed by atoms with E-state index in [-0.39, 0.29) is 5.57 Å². The maximum Gasteiger partial charge on any atom is 0.0830 e. The molecule has 0 aromatic heterocycles. The summed E-state index contributed by atoms with van der Waals surface area (Å²) in [5.41, 5.74) is 0.134. The van der Waals surface area contributed by atoms with Crippen LogP contribution in [0.5, 0.6) is 0 Å². The van der Waals surface area contributed by atoms with Gasteiger partial charge in [-0.1, -0.05) is 11.6 Å².